The van der Waals surface area contributed by atoms with E-state index in [0.717, 1.165) is 49.6 Å². The van der Waals surface area contributed by atoms with Crippen molar-refractivity contribution in [2.45, 2.75) is 0 Å². The highest BCUT2D eigenvalue weighted by Crippen LogP contribution is 2.40. The van der Waals surface area contributed by atoms with Gasteiger partial charge in [-0.1, -0.05) is 97.1 Å². The van der Waals surface area contributed by atoms with Crippen molar-refractivity contribution in [2.75, 3.05) is 0 Å². The standard InChI is InChI=1S/C38H22N2OS/c1-2-9-26-21-34-32(20-25(26)8-1)36-38(41-34)40-33(22-39-36)28-13-6-11-24(19-28)23-10-5-12-27(18-23)29-15-7-16-31-30-14-3-4-17-35(30)42-37(29)31/h1-22H. The summed E-state index contributed by atoms with van der Waals surface area (Å²) in [5.74, 6) is 0. The van der Waals surface area contributed by atoms with Crippen molar-refractivity contribution in [3.05, 3.63) is 134 Å². The largest absolute Gasteiger partial charge is 0.436 e. The molecule has 3 nitrogen and oxygen atoms in total. The topological polar surface area (TPSA) is 38.9 Å². The lowest BCUT2D eigenvalue weighted by Crippen LogP contribution is -1.88. The molecule has 0 saturated carbocycles. The van der Waals surface area contributed by atoms with Crippen molar-refractivity contribution in [1.82, 2.24) is 9.97 Å². The molecular formula is C38H22N2OS. The zero-order chi connectivity index (χ0) is 27.6. The monoisotopic (exact) mass is 554 g/mol. The molecule has 42 heavy (non-hydrogen) atoms. The first-order valence-electron chi connectivity index (χ1n) is 14.0. The van der Waals surface area contributed by atoms with Gasteiger partial charge in [0.15, 0.2) is 0 Å². The number of nitrogens with zero attached hydrogens (tertiary/aromatic N) is 2. The van der Waals surface area contributed by atoms with E-state index in [2.05, 4.69) is 115 Å². The molecular weight excluding hydrogens is 532 g/mol. The lowest BCUT2D eigenvalue weighted by atomic mass is 9.96. The highest BCUT2D eigenvalue weighted by atomic mass is 32.1. The third-order valence-electron chi connectivity index (χ3n) is 8.12. The van der Waals surface area contributed by atoms with Gasteiger partial charge in [0.1, 0.15) is 11.1 Å². The van der Waals surface area contributed by atoms with E-state index in [1.807, 2.05) is 29.7 Å². The number of furan rings is 1. The van der Waals surface area contributed by atoms with Crippen LogP contribution < -0.4 is 0 Å². The van der Waals surface area contributed by atoms with Crippen LogP contribution in [0.4, 0.5) is 0 Å². The minimum Gasteiger partial charge on any atom is -0.436 e. The molecule has 0 N–H and O–H groups in total. The molecule has 9 aromatic rings. The second-order valence-electron chi connectivity index (χ2n) is 10.6. The molecule has 0 spiro atoms. The van der Waals surface area contributed by atoms with Gasteiger partial charge in [-0.3, -0.25) is 0 Å². The molecule has 3 heterocycles. The first-order valence-corrected chi connectivity index (χ1v) is 14.8. The Morgan fingerprint density at radius 2 is 1.24 bits per heavy atom. The van der Waals surface area contributed by atoms with E-state index in [1.54, 1.807) is 0 Å². The van der Waals surface area contributed by atoms with E-state index in [9.17, 15) is 0 Å². The van der Waals surface area contributed by atoms with E-state index in [0.29, 0.717) is 5.71 Å². The molecule has 0 unspecified atom stereocenters. The first kappa shape index (κ1) is 23.4. The van der Waals surface area contributed by atoms with Gasteiger partial charge in [-0.15, -0.1) is 11.3 Å². The molecule has 0 atom stereocenters. The highest BCUT2D eigenvalue weighted by Gasteiger charge is 2.14. The van der Waals surface area contributed by atoms with E-state index < -0.39 is 0 Å². The molecule has 9 rings (SSSR count). The maximum absolute atomic E-state index is 6.19. The minimum atomic E-state index is 0.557. The fraction of sp³-hybridized carbons (Fsp3) is 0. The highest BCUT2D eigenvalue weighted by molar-refractivity contribution is 7.26. The van der Waals surface area contributed by atoms with E-state index in [4.69, 9.17) is 14.4 Å². The van der Waals surface area contributed by atoms with Crippen LogP contribution in [0.2, 0.25) is 0 Å². The number of hydrogen-bond acceptors (Lipinski definition) is 4. The SMILES string of the molecule is c1cc(-c2cccc(-c3cccc4c3sc3ccccc34)c2)cc(-c2cnc3c(n2)oc2cc4ccccc4cc23)c1. The van der Waals surface area contributed by atoms with Crippen LogP contribution in [0.5, 0.6) is 0 Å². The Bertz CT molecular complexity index is 2490. The zero-order valence-electron chi connectivity index (χ0n) is 22.4. The molecule has 0 radical (unpaired) electrons. The summed E-state index contributed by atoms with van der Waals surface area (Å²) >= 11 is 1.86. The van der Waals surface area contributed by atoms with Crippen molar-refractivity contribution in [1.29, 1.82) is 0 Å². The van der Waals surface area contributed by atoms with Crippen LogP contribution in [-0.4, -0.2) is 9.97 Å². The van der Waals surface area contributed by atoms with Crippen LogP contribution in [0.1, 0.15) is 0 Å². The molecule has 6 aromatic carbocycles. The Labute approximate surface area is 245 Å². The Hall–Kier alpha value is -5.32. The fourth-order valence-corrected chi connectivity index (χ4v) is 7.30. The summed E-state index contributed by atoms with van der Waals surface area (Å²) in [6, 6.07) is 45.1. The van der Waals surface area contributed by atoms with Gasteiger partial charge in [0.25, 0.3) is 0 Å². The molecule has 3 aromatic heterocycles. The summed E-state index contributed by atoms with van der Waals surface area (Å²) in [6.45, 7) is 0. The molecule has 0 amide bonds. The smallest absolute Gasteiger partial charge is 0.246 e. The van der Waals surface area contributed by atoms with Gasteiger partial charge in [-0.05, 0) is 63.4 Å². The summed E-state index contributed by atoms with van der Waals surface area (Å²) in [5.41, 5.74) is 8.73. The minimum absolute atomic E-state index is 0.557. The molecule has 0 fully saturated rings. The van der Waals surface area contributed by atoms with Gasteiger partial charge in [0.05, 0.1) is 11.9 Å². The number of thiophene rings is 1. The maximum Gasteiger partial charge on any atom is 0.246 e. The Morgan fingerprint density at radius 3 is 2.12 bits per heavy atom. The molecule has 196 valence electrons. The zero-order valence-corrected chi connectivity index (χ0v) is 23.2. The van der Waals surface area contributed by atoms with E-state index in [1.165, 1.54) is 31.3 Å². The van der Waals surface area contributed by atoms with Gasteiger partial charge in [-0.2, -0.15) is 0 Å². The number of hydrogen-bond donors (Lipinski definition) is 0. The molecule has 4 heteroatoms. The van der Waals surface area contributed by atoms with Crippen molar-refractivity contribution in [2.24, 2.45) is 0 Å². The molecule has 0 bridgehead atoms. The van der Waals surface area contributed by atoms with E-state index in [-0.39, 0.29) is 0 Å². The maximum atomic E-state index is 6.19. The summed E-state index contributed by atoms with van der Waals surface area (Å²) in [4.78, 5) is 9.70. The van der Waals surface area contributed by atoms with Gasteiger partial charge in [0, 0.05) is 31.1 Å². The average molecular weight is 555 g/mol. The lowest BCUT2D eigenvalue weighted by Gasteiger charge is -2.09. The Kier molecular flexibility index (Phi) is 5.07. The van der Waals surface area contributed by atoms with Gasteiger partial charge >= 0.3 is 0 Å². The van der Waals surface area contributed by atoms with Crippen molar-refractivity contribution >= 4 is 64.5 Å². The van der Waals surface area contributed by atoms with Gasteiger partial charge in [0.2, 0.25) is 5.71 Å². The van der Waals surface area contributed by atoms with E-state index >= 15 is 0 Å². The quantitative estimate of drug-likeness (QED) is 0.218. The number of fused-ring (bicyclic) bond motifs is 7. The average Bonchev–Trinajstić information content (AvgIpc) is 3.61. The third-order valence-corrected chi connectivity index (χ3v) is 9.34. The third kappa shape index (κ3) is 3.66. The molecule has 0 saturated heterocycles. The second kappa shape index (κ2) is 9.10. The van der Waals surface area contributed by atoms with Crippen LogP contribution in [0.3, 0.4) is 0 Å². The van der Waals surface area contributed by atoms with Crippen LogP contribution in [-0.2, 0) is 0 Å². The second-order valence-corrected chi connectivity index (χ2v) is 11.7. The summed E-state index contributed by atoms with van der Waals surface area (Å²) in [7, 11) is 0. The predicted octanol–water partition coefficient (Wildman–Crippen LogP) is 10.9. The van der Waals surface area contributed by atoms with Gasteiger partial charge in [-0.25, -0.2) is 9.97 Å². The first-order chi connectivity index (χ1) is 20.8. The lowest BCUT2D eigenvalue weighted by molar-refractivity contribution is 0.654. The summed E-state index contributed by atoms with van der Waals surface area (Å²) in [6.07, 6.45) is 1.85. The Morgan fingerprint density at radius 1 is 0.548 bits per heavy atom. The molecule has 0 aliphatic heterocycles. The predicted molar refractivity (Wildman–Crippen MR) is 176 cm³/mol. The van der Waals surface area contributed by atoms with Crippen LogP contribution in [0.25, 0.3) is 86.7 Å². The van der Waals surface area contributed by atoms with Crippen molar-refractivity contribution in [3.63, 3.8) is 0 Å². The van der Waals surface area contributed by atoms with Crippen LogP contribution in [0, 0.1) is 0 Å². The summed E-state index contributed by atoms with van der Waals surface area (Å²) < 4.78 is 8.83. The van der Waals surface area contributed by atoms with Gasteiger partial charge < -0.3 is 4.42 Å². The number of aromatic nitrogens is 2. The number of rotatable bonds is 3. The normalized spacial score (nSPS) is 11.8. The van der Waals surface area contributed by atoms with Crippen LogP contribution >= 0.6 is 11.3 Å². The number of benzene rings is 6. The van der Waals surface area contributed by atoms with Crippen molar-refractivity contribution < 1.29 is 4.42 Å². The molecule has 0 aliphatic carbocycles. The summed E-state index contributed by atoms with van der Waals surface area (Å²) in [5, 5.41) is 5.93. The van der Waals surface area contributed by atoms with Crippen molar-refractivity contribution in [3.8, 4) is 33.5 Å². The Balaban J connectivity index is 1.12. The molecule has 0 aliphatic rings. The fourth-order valence-electron chi connectivity index (χ4n) is 6.06. The van der Waals surface area contributed by atoms with Crippen LogP contribution in [0.15, 0.2) is 138 Å².